The number of hydrogen-bond acceptors (Lipinski definition) is 6. The van der Waals surface area contributed by atoms with E-state index < -0.39 is 17.7 Å². The third-order valence-electron chi connectivity index (χ3n) is 5.55. The second kappa shape index (κ2) is 11.5. The summed E-state index contributed by atoms with van der Waals surface area (Å²) in [4.78, 5) is 27.6. The first kappa shape index (κ1) is 25.1. The summed E-state index contributed by atoms with van der Waals surface area (Å²) in [5, 5.41) is 11.2. The maximum absolute atomic E-state index is 13.1. The van der Waals surface area contributed by atoms with Gasteiger partial charge in [-0.25, -0.2) is 0 Å². The van der Waals surface area contributed by atoms with Crippen molar-refractivity contribution < 1.29 is 28.9 Å². The van der Waals surface area contributed by atoms with Crippen molar-refractivity contribution in [3.05, 3.63) is 77.4 Å². The maximum Gasteiger partial charge on any atom is 0.295 e. The molecule has 0 spiro atoms. The number of Topliss-reactive ketones (excluding diaryl/α,β-unsaturated/α-hetero) is 1. The number of nitrogens with zero attached hydrogens (tertiary/aromatic N) is 1. The van der Waals surface area contributed by atoms with Crippen molar-refractivity contribution in [2.75, 3.05) is 33.5 Å². The average molecular weight is 466 g/mol. The fourth-order valence-corrected chi connectivity index (χ4v) is 3.93. The van der Waals surface area contributed by atoms with E-state index in [-0.39, 0.29) is 11.3 Å². The predicted octanol–water partition coefficient (Wildman–Crippen LogP) is 4.42. The van der Waals surface area contributed by atoms with Crippen LogP contribution in [0.4, 0.5) is 0 Å². The first-order valence-electron chi connectivity index (χ1n) is 11.3. The van der Waals surface area contributed by atoms with Crippen LogP contribution in [0.1, 0.15) is 36.1 Å². The van der Waals surface area contributed by atoms with E-state index in [1.807, 2.05) is 26.0 Å². The maximum atomic E-state index is 13.1. The van der Waals surface area contributed by atoms with Gasteiger partial charge < -0.3 is 24.2 Å². The third-order valence-corrected chi connectivity index (χ3v) is 5.55. The molecule has 1 saturated heterocycles. The van der Waals surface area contributed by atoms with Gasteiger partial charge in [0.25, 0.3) is 11.7 Å². The number of ether oxygens (including phenoxy) is 3. The number of amides is 1. The number of methoxy groups -OCH3 is 1. The molecule has 0 saturated carbocycles. The Morgan fingerprint density at radius 3 is 2.50 bits per heavy atom. The highest BCUT2D eigenvalue weighted by molar-refractivity contribution is 6.46. The van der Waals surface area contributed by atoms with Crippen LogP contribution in [-0.2, 0) is 14.3 Å². The number of rotatable bonds is 11. The minimum atomic E-state index is -0.772. The van der Waals surface area contributed by atoms with Crippen LogP contribution in [-0.4, -0.2) is 55.2 Å². The third kappa shape index (κ3) is 5.31. The van der Waals surface area contributed by atoms with Crippen LogP contribution in [0.25, 0.3) is 5.76 Å². The summed E-state index contributed by atoms with van der Waals surface area (Å²) in [6, 6.07) is 11.7. The fourth-order valence-electron chi connectivity index (χ4n) is 3.93. The summed E-state index contributed by atoms with van der Waals surface area (Å²) >= 11 is 0. The number of aliphatic hydroxyl groups is 1. The number of hydrogen-bond donors (Lipinski definition) is 1. The average Bonchev–Trinajstić information content (AvgIpc) is 3.08. The van der Waals surface area contributed by atoms with Gasteiger partial charge in [-0.05, 0) is 38.0 Å². The van der Waals surface area contributed by atoms with Gasteiger partial charge in [0.15, 0.2) is 11.5 Å². The smallest absolute Gasteiger partial charge is 0.295 e. The molecule has 0 aliphatic carbocycles. The first-order valence-corrected chi connectivity index (χ1v) is 11.3. The molecule has 1 N–H and O–H groups in total. The van der Waals surface area contributed by atoms with Crippen molar-refractivity contribution in [1.29, 1.82) is 0 Å². The van der Waals surface area contributed by atoms with Crippen LogP contribution >= 0.6 is 0 Å². The van der Waals surface area contributed by atoms with E-state index in [1.165, 1.54) is 4.90 Å². The van der Waals surface area contributed by atoms with Crippen molar-refractivity contribution in [2.45, 2.75) is 26.3 Å². The van der Waals surface area contributed by atoms with E-state index in [4.69, 9.17) is 14.2 Å². The monoisotopic (exact) mass is 465 g/mol. The van der Waals surface area contributed by atoms with Crippen LogP contribution in [0, 0.1) is 6.92 Å². The molecule has 0 radical (unpaired) electrons. The van der Waals surface area contributed by atoms with E-state index in [0.29, 0.717) is 55.4 Å². The number of carbonyl (C=O) groups excluding carboxylic acids is 2. The van der Waals surface area contributed by atoms with Crippen molar-refractivity contribution in [3.63, 3.8) is 0 Å². The summed E-state index contributed by atoms with van der Waals surface area (Å²) in [6.45, 7) is 8.91. The van der Waals surface area contributed by atoms with Gasteiger partial charge in [-0.1, -0.05) is 48.6 Å². The largest absolute Gasteiger partial charge is 0.507 e. The molecule has 7 nitrogen and oxygen atoms in total. The van der Waals surface area contributed by atoms with Gasteiger partial charge in [-0.2, -0.15) is 0 Å². The number of benzene rings is 2. The minimum absolute atomic E-state index is 0.0495. The lowest BCUT2D eigenvalue weighted by atomic mass is 9.94. The highest BCUT2D eigenvalue weighted by Crippen LogP contribution is 2.42. The van der Waals surface area contributed by atoms with E-state index in [1.54, 1.807) is 43.5 Å². The van der Waals surface area contributed by atoms with Crippen LogP contribution in [0.3, 0.4) is 0 Å². The Morgan fingerprint density at radius 1 is 1.12 bits per heavy atom. The van der Waals surface area contributed by atoms with Crippen molar-refractivity contribution in [3.8, 4) is 11.5 Å². The molecule has 1 unspecified atom stereocenters. The molecule has 1 amide bonds. The lowest BCUT2D eigenvalue weighted by Crippen LogP contribution is -2.31. The standard InChI is InChI=1S/C27H31NO6/c1-5-15-34-21-13-12-20(17-22(21)33-6-2)24-23(25(29)19-10-8-18(3)9-11-19)26(30)27(31)28(24)14-7-16-32-4/h5,8-13,17,24,29H,1,6-7,14-16H2,2-4H3/b25-23+. The Kier molecular flexibility index (Phi) is 8.49. The molecule has 180 valence electrons. The van der Waals surface area contributed by atoms with Crippen molar-refractivity contribution >= 4 is 17.4 Å². The summed E-state index contributed by atoms with van der Waals surface area (Å²) < 4.78 is 16.6. The van der Waals surface area contributed by atoms with Crippen LogP contribution in [0.5, 0.6) is 11.5 Å². The van der Waals surface area contributed by atoms with Gasteiger partial charge in [0.2, 0.25) is 0 Å². The number of carbonyl (C=O) groups is 2. The minimum Gasteiger partial charge on any atom is -0.507 e. The van der Waals surface area contributed by atoms with Gasteiger partial charge >= 0.3 is 0 Å². The number of aliphatic hydroxyl groups excluding tert-OH is 1. The second-order valence-electron chi connectivity index (χ2n) is 7.94. The van der Waals surface area contributed by atoms with Crippen LogP contribution < -0.4 is 9.47 Å². The summed E-state index contributed by atoms with van der Waals surface area (Å²) in [5.41, 5.74) is 2.18. The normalized spacial score (nSPS) is 17.1. The van der Waals surface area contributed by atoms with Crippen LogP contribution in [0.2, 0.25) is 0 Å². The molecule has 1 aliphatic heterocycles. The highest BCUT2D eigenvalue weighted by Gasteiger charge is 2.46. The van der Waals surface area contributed by atoms with Gasteiger partial charge in [0, 0.05) is 25.8 Å². The Hall–Kier alpha value is -3.58. The van der Waals surface area contributed by atoms with Gasteiger partial charge in [0.1, 0.15) is 12.4 Å². The van der Waals surface area contributed by atoms with E-state index in [2.05, 4.69) is 6.58 Å². The fraction of sp³-hybridized carbons (Fsp3) is 0.333. The van der Waals surface area contributed by atoms with Crippen molar-refractivity contribution in [1.82, 2.24) is 4.90 Å². The zero-order valence-electron chi connectivity index (χ0n) is 19.9. The zero-order chi connectivity index (χ0) is 24.7. The Labute approximate surface area is 200 Å². The molecule has 1 heterocycles. The number of likely N-dealkylation sites (tertiary alicyclic amines) is 1. The van der Waals surface area contributed by atoms with Gasteiger partial charge in [-0.3, -0.25) is 9.59 Å². The quantitative estimate of drug-likeness (QED) is 0.174. The van der Waals surface area contributed by atoms with Gasteiger partial charge in [-0.15, -0.1) is 0 Å². The molecule has 1 aliphatic rings. The second-order valence-corrected chi connectivity index (χ2v) is 7.94. The summed E-state index contributed by atoms with van der Waals surface area (Å²) in [7, 11) is 1.58. The molecule has 34 heavy (non-hydrogen) atoms. The van der Waals surface area contributed by atoms with E-state index >= 15 is 0 Å². The molecule has 3 rings (SSSR count). The van der Waals surface area contributed by atoms with E-state index in [9.17, 15) is 14.7 Å². The first-order chi connectivity index (χ1) is 16.4. The molecule has 1 fully saturated rings. The predicted molar refractivity (Wildman–Crippen MR) is 130 cm³/mol. The molecular formula is C27H31NO6. The highest BCUT2D eigenvalue weighted by atomic mass is 16.5. The number of ketones is 1. The van der Waals surface area contributed by atoms with E-state index in [0.717, 1.165) is 5.56 Å². The lowest BCUT2D eigenvalue weighted by Gasteiger charge is -2.26. The molecule has 0 aromatic heterocycles. The SMILES string of the molecule is C=CCOc1ccc(C2/C(=C(\O)c3ccc(C)cc3)C(=O)C(=O)N2CCCOC)cc1OCC. The zero-order valence-corrected chi connectivity index (χ0v) is 19.9. The molecule has 0 bridgehead atoms. The molecule has 2 aromatic carbocycles. The molecule has 2 aromatic rings. The summed E-state index contributed by atoms with van der Waals surface area (Å²) in [5.74, 6) is -0.562. The topological polar surface area (TPSA) is 85.3 Å². The Bertz CT molecular complexity index is 1070. The molecule has 7 heteroatoms. The molecular weight excluding hydrogens is 434 g/mol. The Morgan fingerprint density at radius 2 is 1.85 bits per heavy atom. The Balaban J connectivity index is 2.13. The van der Waals surface area contributed by atoms with Crippen molar-refractivity contribution in [2.24, 2.45) is 0 Å². The number of aryl methyl sites for hydroxylation is 1. The van der Waals surface area contributed by atoms with Gasteiger partial charge in [0.05, 0.1) is 18.2 Å². The lowest BCUT2D eigenvalue weighted by molar-refractivity contribution is -0.140. The summed E-state index contributed by atoms with van der Waals surface area (Å²) in [6.07, 6.45) is 2.18. The van der Waals surface area contributed by atoms with Crippen LogP contribution in [0.15, 0.2) is 60.7 Å². The molecule has 1 atom stereocenters.